The van der Waals surface area contributed by atoms with Gasteiger partial charge in [0, 0.05) is 7.05 Å². The Morgan fingerprint density at radius 2 is 1.86 bits per heavy atom. The van der Waals surface area contributed by atoms with Crippen molar-refractivity contribution in [2.24, 2.45) is 7.05 Å². The lowest BCUT2D eigenvalue weighted by Crippen LogP contribution is -2.29. The fraction of sp³-hybridized carbons (Fsp3) is 0.412. The first-order valence-corrected chi connectivity index (χ1v) is 8.37. The number of amides is 1. The lowest BCUT2D eigenvalue weighted by molar-refractivity contribution is 0.0929. The fourth-order valence-electron chi connectivity index (χ4n) is 2.29. The third kappa shape index (κ3) is 3.69. The van der Waals surface area contributed by atoms with Crippen LogP contribution in [0.15, 0.2) is 30.5 Å². The molecule has 1 aromatic carbocycles. The van der Waals surface area contributed by atoms with E-state index in [1.807, 2.05) is 6.92 Å². The standard InChI is InChI=1S/C17H22IN3O/c1-11(12-6-8-13(9-7-12)17(2,3)4)20-16(22)15-14(18)10-19-21(15)5/h6-11H,1-5H3,(H,20,22)/t11-/m1/s1. The number of nitrogens with one attached hydrogen (secondary N) is 1. The molecule has 0 spiro atoms. The summed E-state index contributed by atoms with van der Waals surface area (Å²) in [5, 5.41) is 7.14. The summed E-state index contributed by atoms with van der Waals surface area (Å²) in [6.07, 6.45) is 1.69. The maximum absolute atomic E-state index is 12.4. The van der Waals surface area contributed by atoms with Crippen LogP contribution in [0.25, 0.3) is 0 Å². The van der Waals surface area contributed by atoms with Crippen LogP contribution in [0, 0.1) is 3.57 Å². The molecule has 0 bridgehead atoms. The molecule has 0 aliphatic heterocycles. The number of nitrogens with zero attached hydrogens (tertiary/aromatic N) is 2. The summed E-state index contributed by atoms with van der Waals surface area (Å²) in [5.41, 5.74) is 3.11. The predicted molar refractivity (Wildman–Crippen MR) is 96.9 cm³/mol. The van der Waals surface area contributed by atoms with E-state index in [1.54, 1.807) is 17.9 Å². The first-order valence-electron chi connectivity index (χ1n) is 7.29. The van der Waals surface area contributed by atoms with Gasteiger partial charge in [0.05, 0.1) is 15.8 Å². The first kappa shape index (κ1) is 17.0. The van der Waals surface area contributed by atoms with Crippen molar-refractivity contribution in [2.75, 3.05) is 0 Å². The summed E-state index contributed by atoms with van der Waals surface area (Å²) in [5.74, 6) is -0.100. The van der Waals surface area contributed by atoms with Crippen LogP contribution in [0.4, 0.5) is 0 Å². The largest absolute Gasteiger partial charge is 0.344 e. The van der Waals surface area contributed by atoms with Crippen molar-refractivity contribution in [1.82, 2.24) is 15.1 Å². The highest BCUT2D eigenvalue weighted by Crippen LogP contribution is 2.24. The highest BCUT2D eigenvalue weighted by molar-refractivity contribution is 14.1. The van der Waals surface area contributed by atoms with Crippen LogP contribution in [0.1, 0.15) is 55.4 Å². The Morgan fingerprint density at radius 3 is 2.32 bits per heavy atom. The van der Waals surface area contributed by atoms with E-state index >= 15 is 0 Å². The van der Waals surface area contributed by atoms with Crippen molar-refractivity contribution in [3.63, 3.8) is 0 Å². The van der Waals surface area contributed by atoms with Crippen molar-refractivity contribution in [1.29, 1.82) is 0 Å². The summed E-state index contributed by atoms with van der Waals surface area (Å²) in [6.45, 7) is 8.57. The zero-order valence-corrected chi connectivity index (χ0v) is 15.8. The van der Waals surface area contributed by atoms with Crippen molar-refractivity contribution >= 4 is 28.5 Å². The maximum atomic E-state index is 12.4. The minimum atomic E-state index is -0.100. The van der Waals surface area contributed by atoms with Crippen molar-refractivity contribution in [3.8, 4) is 0 Å². The number of halogens is 1. The van der Waals surface area contributed by atoms with E-state index in [1.165, 1.54) is 5.56 Å². The van der Waals surface area contributed by atoms with Gasteiger partial charge < -0.3 is 5.32 Å². The highest BCUT2D eigenvalue weighted by Gasteiger charge is 2.18. The molecule has 0 unspecified atom stereocenters. The van der Waals surface area contributed by atoms with Crippen LogP contribution in [0.2, 0.25) is 0 Å². The molecule has 0 saturated carbocycles. The van der Waals surface area contributed by atoms with Crippen LogP contribution in [-0.2, 0) is 12.5 Å². The third-order valence-electron chi connectivity index (χ3n) is 3.73. The predicted octanol–water partition coefficient (Wildman–Crippen LogP) is 3.81. The van der Waals surface area contributed by atoms with Crippen LogP contribution in [-0.4, -0.2) is 15.7 Å². The average molecular weight is 411 g/mol. The second-order valence-electron chi connectivity index (χ2n) is 6.53. The van der Waals surface area contributed by atoms with Crippen LogP contribution in [0.5, 0.6) is 0 Å². The van der Waals surface area contributed by atoms with Crippen molar-refractivity contribution in [2.45, 2.75) is 39.2 Å². The lowest BCUT2D eigenvalue weighted by atomic mass is 9.86. The van der Waals surface area contributed by atoms with Crippen LogP contribution in [0.3, 0.4) is 0 Å². The molecule has 0 radical (unpaired) electrons. The van der Waals surface area contributed by atoms with E-state index in [4.69, 9.17) is 0 Å². The topological polar surface area (TPSA) is 46.9 Å². The van der Waals surface area contributed by atoms with Crippen molar-refractivity contribution in [3.05, 3.63) is 50.9 Å². The molecule has 118 valence electrons. The molecule has 1 aromatic heterocycles. The van der Waals surface area contributed by atoms with E-state index in [0.29, 0.717) is 5.69 Å². The van der Waals surface area contributed by atoms with E-state index < -0.39 is 0 Å². The zero-order chi connectivity index (χ0) is 16.5. The van der Waals surface area contributed by atoms with E-state index in [9.17, 15) is 4.79 Å². The third-order valence-corrected chi connectivity index (χ3v) is 4.52. The number of carbonyl (C=O) groups is 1. The Labute approximate surface area is 145 Å². The molecule has 1 atom stereocenters. The van der Waals surface area contributed by atoms with Gasteiger partial charge in [-0.3, -0.25) is 9.48 Å². The van der Waals surface area contributed by atoms with Gasteiger partial charge in [-0.15, -0.1) is 0 Å². The van der Waals surface area contributed by atoms with Gasteiger partial charge in [0.15, 0.2) is 0 Å². The summed E-state index contributed by atoms with van der Waals surface area (Å²) < 4.78 is 2.46. The molecule has 1 N–H and O–H groups in total. The molecule has 2 rings (SSSR count). The second kappa shape index (κ2) is 6.40. The highest BCUT2D eigenvalue weighted by atomic mass is 127. The monoisotopic (exact) mass is 411 g/mol. The average Bonchev–Trinajstić information content (AvgIpc) is 2.77. The number of hydrogen-bond donors (Lipinski definition) is 1. The first-order chi connectivity index (χ1) is 10.2. The fourth-order valence-corrected chi connectivity index (χ4v) is 3.00. The maximum Gasteiger partial charge on any atom is 0.271 e. The molecule has 22 heavy (non-hydrogen) atoms. The molecule has 4 nitrogen and oxygen atoms in total. The van der Waals surface area contributed by atoms with E-state index in [-0.39, 0.29) is 17.4 Å². The van der Waals surface area contributed by atoms with Gasteiger partial charge in [-0.25, -0.2) is 0 Å². The summed E-state index contributed by atoms with van der Waals surface area (Å²) in [4.78, 5) is 12.4. The smallest absolute Gasteiger partial charge is 0.271 e. The number of rotatable bonds is 3. The number of aryl methyl sites for hydroxylation is 1. The number of carbonyl (C=O) groups excluding carboxylic acids is 1. The molecular formula is C17H22IN3O. The summed E-state index contributed by atoms with van der Waals surface area (Å²) in [6, 6.07) is 8.38. The number of aromatic nitrogens is 2. The Kier molecular flexibility index (Phi) is 4.94. The summed E-state index contributed by atoms with van der Waals surface area (Å²) >= 11 is 2.13. The van der Waals surface area contributed by atoms with Gasteiger partial charge >= 0.3 is 0 Å². The minimum Gasteiger partial charge on any atom is -0.344 e. The van der Waals surface area contributed by atoms with E-state index in [0.717, 1.165) is 9.13 Å². The minimum absolute atomic E-state index is 0.0489. The summed E-state index contributed by atoms with van der Waals surface area (Å²) in [7, 11) is 1.78. The van der Waals surface area contributed by atoms with Gasteiger partial charge in [0.1, 0.15) is 5.69 Å². The Bertz CT molecular complexity index is 649. The van der Waals surface area contributed by atoms with Gasteiger partial charge in [0.25, 0.3) is 5.91 Å². The number of benzene rings is 1. The quantitative estimate of drug-likeness (QED) is 0.781. The number of hydrogen-bond acceptors (Lipinski definition) is 2. The zero-order valence-electron chi connectivity index (χ0n) is 13.6. The van der Waals surface area contributed by atoms with Crippen molar-refractivity contribution < 1.29 is 4.79 Å². The Morgan fingerprint density at radius 1 is 1.27 bits per heavy atom. The van der Waals surface area contributed by atoms with Gasteiger partial charge in [0.2, 0.25) is 0 Å². The van der Waals surface area contributed by atoms with Crippen LogP contribution < -0.4 is 5.32 Å². The van der Waals surface area contributed by atoms with Gasteiger partial charge in [-0.1, -0.05) is 45.0 Å². The second-order valence-corrected chi connectivity index (χ2v) is 7.69. The molecular weight excluding hydrogens is 389 g/mol. The van der Waals surface area contributed by atoms with Gasteiger partial charge in [-0.05, 0) is 46.1 Å². The Balaban J connectivity index is 2.12. The molecule has 2 aromatic rings. The molecule has 1 amide bonds. The lowest BCUT2D eigenvalue weighted by Gasteiger charge is -2.20. The van der Waals surface area contributed by atoms with Gasteiger partial charge in [-0.2, -0.15) is 5.10 Å². The molecule has 5 heteroatoms. The molecule has 1 heterocycles. The Hall–Kier alpha value is -1.37. The van der Waals surface area contributed by atoms with E-state index in [2.05, 4.69) is 78.0 Å². The normalized spacial score (nSPS) is 13.0. The SMILES string of the molecule is C[C@@H](NC(=O)c1c(I)cnn1C)c1ccc(C(C)(C)C)cc1. The molecule has 0 fully saturated rings. The molecule has 0 saturated heterocycles. The molecule has 0 aliphatic carbocycles. The van der Waals surface area contributed by atoms with Crippen LogP contribution >= 0.6 is 22.6 Å². The molecule has 0 aliphatic rings.